The van der Waals surface area contributed by atoms with Crippen molar-refractivity contribution in [1.29, 1.82) is 0 Å². The van der Waals surface area contributed by atoms with Crippen LogP contribution in [0.2, 0.25) is 0 Å². The molecule has 3 heterocycles. The molecule has 0 spiro atoms. The van der Waals surface area contributed by atoms with Gasteiger partial charge in [-0.05, 0) is 38.9 Å². The normalized spacial score (nSPS) is 18.1. The number of aryl methyl sites for hydroxylation is 1. The van der Waals surface area contributed by atoms with Crippen molar-refractivity contribution in [3.05, 3.63) is 64.7 Å². The summed E-state index contributed by atoms with van der Waals surface area (Å²) < 4.78 is 5.98. The smallest absolute Gasteiger partial charge is 0.301 e. The standard InChI is InChI=1S/C25H28N6O3/c1-16-22-19(27-28-24(32)20-11-10-17-6-3-4-7-18(17)26-20)8-5-9-21(22)34-23(16)25(33)29-31-14-12-30(2)13-15-31/h3-4,6-7,10-11H,5,8-9,12-15H2,1-2H3,(H,28,32)(H,29,33)/b27-19+. The number of piperazine rings is 1. The molecule has 0 unspecified atom stereocenters. The van der Waals surface area contributed by atoms with E-state index in [0.29, 0.717) is 17.9 Å². The number of likely N-dealkylation sites (N-methyl/N-ethyl adjacent to an activating group) is 1. The Balaban J connectivity index is 1.33. The van der Waals surface area contributed by atoms with Gasteiger partial charge in [0, 0.05) is 49.1 Å². The number of benzene rings is 1. The second kappa shape index (κ2) is 9.36. The summed E-state index contributed by atoms with van der Waals surface area (Å²) in [5, 5.41) is 7.30. The molecule has 1 aliphatic heterocycles. The molecule has 5 rings (SSSR count). The van der Waals surface area contributed by atoms with Crippen LogP contribution in [0.25, 0.3) is 10.9 Å². The number of furan rings is 1. The highest BCUT2D eigenvalue weighted by Gasteiger charge is 2.29. The summed E-state index contributed by atoms with van der Waals surface area (Å²) in [4.78, 5) is 32.3. The van der Waals surface area contributed by atoms with Gasteiger partial charge in [0.2, 0.25) is 0 Å². The number of hydrazone groups is 1. The van der Waals surface area contributed by atoms with Crippen molar-refractivity contribution in [1.82, 2.24) is 25.7 Å². The van der Waals surface area contributed by atoms with E-state index in [0.717, 1.165) is 72.5 Å². The highest BCUT2D eigenvalue weighted by atomic mass is 16.4. The minimum atomic E-state index is -0.375. The molecule has 2 aromatic heterocycles. The number of pyridine rings is 1. The minimum absolute atomic E-state index is 0.250. The molecule has 9 heteroatoms. The number of para-hydroxylation sites is 1. The van der Waals surface area contributed by atoms with Crippen molar-refractivity contribution >= 4 is 28.4 Å². The number of carbonyl (C=O) groups is 2. The molecule has 0 bridgehead atoms. The first-order chi connectivity index (χ1) is 16.5. The Morgan fingerprint density at radius 1 is 1.03 bits per heavy atom. The third-order valence-electron chi connectivity index (χ3n) is 6.42. The maximum atomic E-state index is 12.9. The Morgan fingerprint density at radius 3 is 2.65 bits per heavy atom. The summed E-state index contributed by atoms with van der Waals surface area (Å²) >= 11 is 0. The summed E-state index contributed by atoms with van der Waals surface area (Å²) in [5.41, 5.74) is 8.95. The number of nitrogens with one attached hydrogen (secondary N) is 2. The van der Waals surface area contributed by atoms with Crippen LogP contribution in [0.1, 0.15) is 50.8 Å². The molecular formula is C25H28N6O3. The van der Waals surface area contributed by atoms with Crippen molar-refractivity contribution in [2.45, 2.75) is 26.2 Å². The number of hydrogen-bond donors (Lipinski definition) is 2. The van der Waals surface area contributed by atoms with E-state index in [-0.39, 0.29) is 11.8 Å². The van der Waals surface area contributed by atoms with E-state index in [9.17, 15) is 9.59 Å². The molecular weight excluding hydrogens is 432 g/mol. The van der Waals surface area contributed by atoms with Gasteiger partial charge < -0.3 is 9.32 Å². The first kappa shape index (κ1) is 22.2. The topological polar surface area (TPSA) is 103 Å². The van der Waals surface area contributed by atoms with Gasteiger partial charge in [-0.25, -0.2) is 15.4 Å². The molecule has 3 aromatic rings. The van der Waals surface area contributed by atoms with E-state index < -0.39 is 0 Å². The van der Waals surface area contributed by atoms with Gasteiger partial charge in [-0.2, -0.15) is 5.10 Å². The molecule has 1 aliphatic carbocycles. The molecule has 0 radical (unpaired) electrons. The molecule has 34 heavy (non-hydrogen) atoms. The third-order valence-corrected chi connectivity index (χ3v) is 6.42. The van der Waals surface area contributed by atoms with E-state index in [1.54, 1.807) is 6.07 Å². The Hall–Kier alpha value is -3.56. The molecule has 1 aromatic carbocycles. The van der Waals surface area contributed by atoms with E-state index in [1.165, 1.54) is 0 Å². The predicted molar refractivity (Wildman–Crippen MR) is 129 cm³/mol. The van der Waals surface area contributed by atoms with Gasteiger partial charge in [0.15, 0.2) is 5.76 Å². The molecule has 0 saturated carbocycles. The molecule has 0 atom stereocenters. The summed E-state index contributed by atoms with van der Waals surface area (Å²) in [6, 6.07) is 11.2. The Bertz CT molecular complexity index is 1270. The van der Waals surface area contributed by atoms with Gasteiger partial charge in [0.25, 0.3) is 5.91 Å². The number of rotatable bonds is 4. The number of aromatic nitrogens is 1. The van der Waals surface area contributed by atoms with E-state index in [1.807, 2.05) is 42.3 Å². The zero-order chi connectivity index (χ0) is 23.7. The zero-order valence-electron chi connectivity index (χ0n) is 19.4. The number of nitrogens with zero attached hydrogens (tertiary/aromatic N) is 4. The second-order valence-corrected chi connectivity index (χ2v) is 8.83. The fourth-order valence-electron chi connectivity index (χ4n) is 4.48. The lowest BCUT2D eigenvalue weighted by atomic mass is 9.93. The molecule has 2 N–H and O–H groups in total. The van der Waals surface area contributed by atoms with E-state index >= 15 is 0 Å². The number of amides is 2. The van der Waals surface area contributed by atoms with Crippen LogP contribution in [0.4, 0.5) is 0 Å². The van der Waals surface area contributed by atoms with Gasteiger partial charge >= 0.3 is 5.91 Å². The molecule has 2 amide bonds. The quantitative estimate of drug-likeness (QED) is 0.580. The maximum Gasteiger partial charge on any atom is 0.301 e. The van der Waals surface area contributed by atoms with Crippen LogP contribution in [0.15, 0.2) is 45.9 Å². The lowest BCUT2D eigenvalue weighted by Crippen LogP contribution is -2.52. The zero-order valence-corrected chi connectivity index (χ0v) is 19.4. The number of hydrogen-bond acceptors (Lipinski definition) is 7. The molecule has 1 fully saturated rings. The molecule has 9 nitrogen and oxygen atoms in total. The fraction of sp³-hybridized carbons (Fsp3) is 0.360. The van der Waals surface area contributed by atoms with Crippen LogP contribution < -0.4 is 10.9 Å². The predicted octanol–water partition coefficient (Wildman–Crippen LogP) is 2.50. The minimum Gasteiger partial charge on any atom is -0.455 e. The van der Waals surface area contributed by atoms with Gasteiger partial charge in [-0.1, -0.05) is 24.3 Å². The fourth-order valence-corrected chi connectivity index (χ4v) is 4.48. The van der Waals surface area contributed by atoms with Crippen molar-refractivity contribution in [2.24, 2.45) is 5.10 Å². The Labute approximate surface area is 197 Å². The first-order valence-corrected chi connectivity index (χ1v) is 11.6. The Morgan fingerprint density at radius 2 is 1.82 bits per heavy atom. The first-order valence-electron chi connectivity index (χ1n) is 11.6. The Kier molecular flexibility index (Phi) is 6.12. The van der Waals surface area contributed by atoms with Gasteiger partial charge in [-0.15, -0.1) is 0 Å². The summed E-state index contributed by atoms with van der Waals surface area (Å²) in [7, 11) is 2.07. The van der Waals surface area contributed by atoms with Crippen LogP contribution in [-0.4, -0.2) is 65.6 Å². The van der Waals surface area contributed by atoms with Gasteiger partial charge in [-0.3, -0.25) is 15.0 Å². The summed E-state index contributed by atoms with van der Waals surface area (Å²) in [5.74, 6) is 0.421. The van der Waals surface area contributed by atoms with Crippen molar-refractivity contribution in [2.75, 3.05) is 33.2 Å². The lowest BCUT2D eigenvalue weighted by Gasteiger charge is -2.32. The molecule has 176 valence electrons. The average Bonchev–Trinajstić information content (AvgIpc) is 3.20. The van der Waals surface area contributed by atoms with Crippen molar-refractivity contribution in [3.8, 4) is 0 Å². The summed E-state index contributed by atoms with van der Waals surface area (Å²) in [6.45, 7) is 5.20. The molecule has 1 saturated heterocycles. The van der Waals surface area contributed by atoms with Crippen LogP contribution in [0, 0.1) is 6.92 Å². The maximum absolute atomic E-state index is 12.9. The van der Waals surface area contributed by atoms with Crippen LogP contribution >= 0.6 is 0 Å². The lowest BCUT2D eigenvalue weighted by molar-refractivity contribution is 0.0634. The van der Waals surface area contributed by atoms with E-state index in [2.05, 4.69) is 32.9 Å². The van der Waals surface area contributed by atoms with Crippen LogP contribution in [0.3, 0.4) is 0 Å². The second-order valence-electron chi connectivity index (χ2n) is 8.83. The third kappa shape index (κ3) is 4.44. The monoisotopic (exact) mass is 460 g/mol. The number of carbonyl (C=O) groups excluding carboxylic acids is 2. The average molecular weight is 461 g/mol. The SMILES string of the molecule is Cc1c(C(=O)NN2CCN(C)CC2)oc2c1/C(=N/NC(=O)c1ccc3ccccc3n1)CCC2. The summed E-state index contributed by atoms with van der Waals surface area (Å²) in [6.07, 6.45) is 2.26. The van der Waals surface area contributed by atoms with Crippen LogP contribution in [0.5, 0.6) is 0 Å². The van der Waals surface area contributed by atoms with Crippen molar-refractivity contribution in [3.63, 3.8) is 0 Å². The van der Waals surface area contributed by atoms with Crippen molar-refractivity contribution < 1.29 is 14.0 Å². The highest BCUT2D eigenvalue weighted by Crippen LogP contribution is 2.30. The largest absolute Gasteiger partial charge is 0.455 e. The van der Waals surface area contributed by atoms with Crippen LogP contribution in [-0.2, 0) is 6.42 Å². The highest BCUT2D eigenvalue weighted by molar-refractivity contribution is 6.07. The molecule has 2 aliphatic rings. The van der Waals surface area contributed by atoms with Gasteiger partial charge in [0.1, 0.15) is 11.5 Å². The number of hydrazine groups is 1. The number of fused-ring (bicyclic) bond motifs is 2. The van der Waals surface area contributed by atoms with Gasteiger partial charge in [0.05, 0.1) is 11.2 Å². The van der Waals surface area contributed by atoms with E-state index in [4.69, 9.17) is 4.42 Å².